The van der Waals surface area contributed by atoms with Gasteiger partial charge < -0.3 is 20.3 Å². The van der Waals surface area contributed by atoms with Gasteiger partial charge in [-0.1, -0.05) is 12.1 Å². The van der Waals surface area contributed by atoms with Gasteiger partial charge in [-0.25, -0.2) is 4.39 Å². The minimum Gasteiger partial charge on any atom is -0.378 e. The Morgan fingerprint density at radius 3 is 2.45 bits per heavy atom. The molecule has 1 saturated heterocycles. The van der Waals surface area contributed by atoms with Crippen LogP contribution in [-0.2, 0) is 4.74 Å². The van der Waals surface area contributed by atoms with Crippen LogP contribution in [-0.4, -0.2) is 62.7 Å². The number of aliphatic imine (C=N–C) groups is 1. The van der Waals surface area contributed by atoms with E-state index in [0.29, 0.717) is 25.7 Å². The smallest absolute Gasteiger partial charge is 0.191 e. The molecule has 1 aliphatic heterocycles. The van der Waals surface area contributed by atoms with Crippen LogP contribution in [0.3, 0.4) is 0 Å². The largest absolute Gasteiger partial charge is 0.378 e. The van der Waals surface area contributed by atoms with Gasteiger partial charge in [0.25, 0.3) is 0 Å². The molecule has 5 nitrogen and oxygen atoms in total. The molecular formula is C15H24FIN4O. The molecule has 1 heterocycles. The van der Waals surface area contributed by atoms with Gasteiger partial charge in [0, 0.05) is 13.1 Å². The average Bonchev–Trinajstić information content (AvgIpc) is 2.49. The van der Waals surface area contributed by atoms with E-state index in [1.54, 1.807) is 12.1 Å². The summed E-state index contributed by atoms with van der Waals surface area (Å²) in [6.45, 7) is 3.47. The maximum atomic E-state index is 13.0. The summed E-state index contributed by atoms with van der Waals surface area (Å²) in [6, 6.07) is 6.60. The minimum absolute atomic E-state index is 0. The van der Waals surface area contributed by atoms with Gasteiger partial charge in [-0.2, -0.15) is 0 Å². The van der Waals surface area contributed by atoms with Crippen LogP contribution in [0.25, 0.3) is 0 Å². The SMILES string of the molecule is CN(C)C(CN=C(N)N1CCOCC1)c1ccc(F)cc1.I. The monoisotopic (exact) mass is 422 g/mol. The first-order valence-corrected chi connectivity index (χ1v) is 7.12. The van der Waals surface area contributed by atoms with Crippen LogP contribution in [0.2, 0.25) is 0 Å². The zero-order chi connectivity index (χ0) is 15.2. The Morgan fingerprint density at radius 2 is 1.91 bits per heavy atom. The van der Waals surface area contributed by atoms with Crippen LogP contribution < -0.4 is 5.73 Å². The number of hydrogen-bond donors (Lipinski definition) is 1. The van der Waals surface area contributed by atoms with Gasteiger partial charge in [-0.05, 0) is 31.8 Å². The lowest BCUT2D eigenvalue weighted by Gasteiger charge is -2.28. The lowest BCUT2D eigenvalue weighted by atomic mass is 10.1. The van der Waals surface area contributed by atoms with Gasteiger partial charge in [-0.3, -0.25) is 4.99 Å². The van der Waals surface area contributed by atoms with Crippen LogP contribution in [0.1, 0.15) is 11.6 Å². The van der Waals surface area contributed by atoms with Crippen molar-refractivity contribution in [1.29, 1.82) is 0 Å². The van der Waals surface area contributed by atoms with Crippen molar-refractivity contribution in [2.24, 2.45) is 10.7 Å². The van der Waals surface area contributed by atoms with Crippen LogP contribution in [0.4, 0.5) is 4.39 Å². The van der Waals surface area contributed by atoms with Crippen molar-refractivity contribution < 1.29 is 9.13 Å². The first-order chi connectivity index (χ1) is 10.1. The molecule has 2 N–H and O–H groups in total. The van der Waals surface area contributed by atoms with E-state index in [9.17, 15) is 4.39 Å². The van der Waals surface area contributed by atoms with Crippen LogP contribution in [0, 0.1) is 5.82 Å². The van der Waals surface area contributed by atoms with Crippen molar-refractivity contribution in [3.8, 4) is 0 Å². The van der Waals surface area contributed by atoms with E-state index < -0.39 is 0 Å². The second-order valence-electron chi connectivity index (χ2n) is 5.33. The number of rotatable bonds is 4. The number of morpholine rings is 1. The molecule has 0 spiro atoms. The summed E-state index contributed by atoms with van der Waals surface area (Å²) in [7, 11) is 3.96. The normalized spacial score (nSPS) is 17.3. The Labute approximate surface area is 148 Å². The van der Waals surface area contributed by atoms with Crippen LogP contribution >= 0.6 is 24.0 Å². The van der Waals surface area contributed by atoms with E-state index >= 15 is 0 Å². The molecule has 0 saturated carbocycles. The van der Waals surface area contributed by atoms with Gasteiger partial charge >= 0.3 is 0 Å². The van der Waals surface area contributed by atoms with E-state index in [0.717, 1.165) is 18.7 Å². The number of guanidine groups is 1. The molecular weight excluding hydrogens is 398 g/mol. The molecule has 124 valence electrons. The van der Waals surface area contributed by atoms with Crippen molar-refractivity contribution in [3.05, 3.63) is 35.6 Å². The van der Waals surface area contributed by atoms with E-state index in [1.807, 2.05) is 19.0 Å². The predicted molar refractivity (Wildman–Crippen MR) is 97.1 cm³/mol. The molecule has 0 aliphatic carbocycles. The molecule has 1 fully saturated rings. The molecule has 0 aromatic heterocycles. The fraction of sp³-hybridized carbons (Fsp3) is 0.533. The van der Waals surface area contributed by atoms with Crippen molar-refractivity contribution >= 4 is 29.9 Å². The highest BCUT2D eigenvalue weighted by Gasteiger charge is 2.16. The Bertz CT molecular complexity index is 475. The molecule has 0 bridgehead atoms. The molecule has 0 radical (unpaired) electrons. The fourth-order valence-corrected chi connectivity index (χ4v) is 2.32. The maximum Gasteiger partial charge on any atom is 0.191 e. The number of hydrogen-bond acceptors (Lipinski definition) is 3. The van der Waals surface area contributed by atoms with Gasteiger partial charge in [-0.15, -0.1) is 24.0 Å². The van der Waals surface area contributed by atoms with Gasteiger partial charge in [0.1, 0.15) is 5.82 Å². The molecule has 22 heavy (non-hydrogen) atoms. The van der Waals surface area contributed by atoms with Gasteiger partial charge in [0.05, 0.1) is 25.8 Å². The summed E-state index contributed by atoms with van der Waals surface area (Å²) in [5.74, 6) is 0.319. The Balaban J connectivity index is 0.00000242. The van der Waals surface area contributed by atoms with Crippen LogP contribution in [0.15, 0.2) is 29.3 Å². The lowest BCUT2D eigenvalue weighted by Crippen LogP contribution is -2.45. The summed E-state index contributed by atoms with van der Waals surface area (Å²) in [5, 5.41) is 0. The number of nitrogens with zero attached hydrogens (tertiary/aromatic N) is 3. The van der Waals surface area contributed by atoms with E-state index in [4.69, 9.17) is 10.5 Å². The van der Waals surface area contributed by atoms with Crippen LogP contribution in [0.5, 0.6) is 0 Å². The maximum absolute atomic E-state index is 13.0. The third-order valence-electron chi connectivity index (χ3n) is 3.64. The Morgan fingerprint density at radius 1 is 1.32 bits per heavy atom. The molecule has 1 aromatic rings. The molecule has 2 rings (SSSR count). The predicted octanol–water partition coefficient (Wildman–Crippen LogP) is 1.69. The number of halogens is 2. The van der Waals surface area contributed by atoms with Gasteiger partial charge in [0.2, 0.25) is 0 Å². The molecule has 1 aliphatic rings. The van der Waals surface area contributed by atoms with Crippen molar-refractivity contribution in [2.75, 3.05) is 46.9 Å². The zero-order valence-electron chi connectivity index (χ0n) is 13.0. The van der Waals surface area contributed by atoms with Crippen molar-refractivity contribution in [2.45, 2.75) is 6.04 Å². The third kappa shape index (κ3) is 5.36. The summed E-state index contributed by atoms with van der Waals surface area (Å²) in [5.41, 5.74) is 7.07. The average molecular weight is 422 g/mol. The number of ether oxygens (including phenoxy) is 1. The quantitative estimate of drug-likeness (QED) is 0.456. The standard InChI is InChI=1S/C15H23FN4O.HI/c1-19(2)14(12-3-5-13(16)6-4-12)11-18-15(17)20-7-9-21-10-8-20;/h3-6,14H,7-11H2,1-2H3,(H2,17,18);1H. The highest BCUT2D eigenvalue weighted by atomic mass is 127. The van der Waals surface area contributed by atoms with E-state index in [1.165, 1.54) is 12.1 Å². The highest BCUT2D eigenvalue weighted by molar-refractivity contribution is 14.0. The molecule has 1 atom stereocenters. The molecule has 1 unspecified atom stereocenters. The Hall–Kier alpha value is -0.930. The van der Waals surface area contributed by atoms with E-state index in [2.05, 4.69) is 9.89 Å². The van der Waals surface area contributed by atoms with Gasteiger partial charge in [0.15, 0.2) is 5.96 Å². The minimum atomic E-state index is -0.229. The zero-order valence-corrected chi connectivity index (χ0v) is 15.4. The number of likely N-dealkylation sites (N-methyl/N-ethyl adjacent to an activating group) is 1. The third-order valence-corrected chi connectivity index (χ3v) is 3.64. The second kappa shape index (κ2) is 9.26. The molecule has 7 heteroatoms. The summed E-state index contributed by atoms with van der Waals surface area (Å²) in [4.78, 5) is 8.59. The topological polar surface area (TPSA) is 54.1 Å². The molecule has 1 aromatic carbocycles. The summed E-state index contributed by atoms with van der Waals surface area (Å²) < 4.78 is 18.3. The first kappa shape index (κ1) is 19.1. The lowest BCUT2D eigenvalue weighted by molar-refractivity contribution is 0.0673. The van der Waals surface area contributed by atoms with E-state index in [-0.39, 0.29) is 35.8 Å². The number of benzene rings is 1. The fourth-order valence-electron chi connectivity index (χ4n) is 2.32. The summed E-state index contributed by atoms with van der Waals surface area (Å²) >= 11 is 0. The second-order valence-corrected chi connectivity index (χ2v) is 5.33. The van der Waals surface area contributed by atoms with Crippen molar-refractivity contribution in [1.82, 2.24) is 9.80 Å². The number of nitrogens with two attached hydrogens (primary N) is 1. The molecule has 0 amide bonds. The first-order valence-electron chi connectivity index (χ1n) is 7.12. The Kier molecular flexibility index (Phi) is 8.05. The summed E-state index contributed by atoms with van der Waals surface area (Å²) in [6.07, 6.45) is 0. The van der Waals surface area contributed by atoms with Crippen molar-refractivity contribution in [3.63, 3.8) is 0 Å². The highest BCUT2D eigenvalue weighted by Crippen LogP contribution is 2.19.